The Balaban J connectivity index is 2.14. The van der Waals surface area contributed by atoms with Gasteiger partial charge in [0.25, 0.3) is 0 Å². The van der Waals surface area contributed by atoms with Crippen LogP contribution in [0.1, 0.15) is 60.8 Å². The molecule has 0 aromatic heterocycles. The van der Waals surface area contributed by atoms with E-state index in [-0.39, 0.29) is 17.9 Å². The van der Waals surface area contributed by atoms with Crippen molar-refractivity contribution < 1.29 is 23.9 Å². The number of carbonyl (C=O) groups excluding carboxylic acids is 3. The van der Waals surface area contributed by atoms with Crippen molar-refractivity contribution in [2.45, 2.75) is 90.1 Å². The zero-order chi connectivity index (χ0) is 20.4. The summed E-state index contributed by atoms with van der Waals surface area (Å²) in [5.74, 6) is -0.658. The van der Waals surface area contributed by atoms with E-state index in [2.05, 4.69) is 10.6 Å². The van der Waals surface area contributed by atoms with E-state index in [1.54, 1.807) is 25.7 Å². The average molecular weight is 383 g/mol. The predicted molar refractivity (Wildman–Crippen MR) is 100 cm³/mol. The summed E-state index contributed by atoms with van der Waals surface area (Å²) in [7, 11) is 0. The van der Waals surface area contributed by atoms with Gasteiger partial charge in [-0.3, -0.25) is 4.79 Å². The van der Waals surface area contributed by atoms with Gasteiger partial charge in [-0.25, -0.2) is 9.59 Å². The molecule has 0 spiro atoms. The lowest BCUT2D eigenvalue weighted by atomic mass is 10.1. The summed E-state index contributed by atoms with van der Waals surface area (Å²) >= 11 is 0. The normalized spacial score (nSPS) is 26.7. The maximum atomic E-state index is 13.2. The molecule has 0 radical (unpaired) electrons. The Morgan fingerprint density at radius 2 is 1.67 bits per heavy atom. The number of hydrogen-bond donors (Lipinski definition) is 2. The maximum absolute atomic E-state index is 13.2. The summed E-state index contributed by atoms with van der Waals surface area (Å²) in [4.78, 5) is 39.6. The van der Waals surface area contributed by atoms with Gasteiger partial charge in [-0.2, -0.15) is 0 Å². The SMILES string of the molecule is CC(C)(C)OC(=O)N[C@H]1CNCC[C@H]2CC[C@@H](C(=O)OC(C)(C)C)N2C1=O. The molecule has 2 amide bonds. The molecular formula is C19H33N3O5. The molecule has 8 heteroatoms. The Bertz CT molecular complexity index is 579. The van der Waals surface area contributed by atoms with E-state index in [9.17, 15) is 14.4 Å². The third kappa shape index (κ3) is 6.09. The first-order valence-electron chi connectivity index (χ1n) is 9.62. The van der Waals surface area contributed by atoms with E-state index < -0.39 is 29.4 Å². The van der Waals surface area contributed by atoms with E-state index >= 15 is 0 Å². The third-order valence-corrected chi connectivity index (χ3v) is 4.43. The number of fused-ring (bicyclic) bond motifs is 1. The zero-order valence-corrected chi connectivity index (χ0v) is 17.3. The molecule has 0 aromatic carbocycles. The lowest BCUT2D eigenvalue weighted by molar-refractivity contribution is -0.164. The van der Waals surface area contributed by atoms with Crippen LogP contribution in [-0.2, 0) is 19.1 Å². The standard InChI is InChI=1S/C19H33N3O5/c1-18(2,3)26-16(24)14-8-7-12-9-10-20-11-13(15(23)22(12)14)21-17(25)27-19(4,5)6/h12-14,20H,7-11H2,1-6H3,(H,21,25)/t12-,13+,14+/m1/s1. The first-order valence-corrected chi connectivity index (χ1v) is 9.62. The van der Waals surface area contributed by atoms with Crippen LogP contribution in [0.2, 0.25) is 0 Å². The van der Waals surface area contributed by atoms with E-state index in [1.165, 1.54) is 0 Å². The number of amides is 2. The van der Waals surface area contributed by atoms with Gasteiger partial charge in [-0.1, -0.05) is 0 Å². The van der Waals surface area contributed by atoms with Crippen molar-refractivity contribution in [3.05, 3.63) is 0 Å². The molecule has 0 aromatic rings. The van der Waals surface area contributed by atoms with Crippen molar-refractivity contribution in [3.63, 3.8) is 0 Å². The fourth-order valence-corrected chi connectivity index (χ4v) is 3.45. The monoisotopic (exact) mass is 383 g/mol. The molecule has 2 heterocycles. The fourth-order valence-electron chi connectivity index (χ4n) is 3.45. The van der Waals surface area contributed by atoms with Crippen LogP contribution >= 0.6 is 0 Å². The quantitative estimate of drug-likeness (QED) is 0.703. The van der Waals surface area contributed by atoms with Crippen LogP contribution in [0.25, 0.3) is 0 Å². The van der Waals surface area contributed by atoms with Crippen LogP contribution in [0.15, 0.2) is 0 Å². The van der Waals surface area contributed by atoms with Crippen LogP contribution in [0.5, 0.6) is 0 Å². The minimum atomic E-state index is -0.786. The van der Waals surface area contributed by atoms with Gasteiger partial charge < -0.3 is 25.0 Å². The van der Waals surface area contributed by atoms with Crippen LogP contribution in [0.3, 0.4) is 0 Å². The van der Waals surface area contributed by atoms with Crippen LogP contribution in [-0.4, -0.2) is 65.3 Å². The van der Waals surface area contributed by atoms with Crippen molar-refractivity contribution in [3.8, 4) is 0 Å². The Kier molecular flexibility index (Phi) is 6.39. The second-order valence-electron chi connectivity index (χ2n) is 9.22. The van der Waals surface area contributed by atoms with Crippen molar-refractivity contribution in [2.75, 3.05) is 13.1 Å². The minimum absolute atomic E-state index is 0.0363. The van der Waals surface area contributed by atoms with Gasteiger partial charge in [0.15, 0.2) is 0 Å². The summed E-state index contributed by atoms with van der Waals surface area (Å²) in [5.41, 5.74) is -1.27. The summed E-state index contributed by atoms with van der Waals surface area (Å²) in [5, 5.41) is 5.84. The minimum Gasteiger partial charge on any atom is -0.458 e. The van der Waals surface area contributed by atoms with Crippen LogP contribution in [0, 0.1) is 0 Å². The highest BCUT2D eigenvalue weighted by molar-refractivity contribution is 5.91. The van der Waals surface area contributed by atoms with Crippen LogP contribution < -0.4 is 10.6 Å². The van der Waals surface area contributed by atoms with Gasteiger partial charge in [0.2, 0.25) is 5.91 Å². The van der Waals surface area contributed by atoms with Gasteiger partial charge in [-0.15, -0.1) is 0 Å². The molecule has 2 saturated heterocycles. The zero-order valence-electron chi connectivity index (χ0n) is 17.3. The average Bonchev–Trinajstić information content (AvgIpc) is 2.88. The third-order valence-electron chi connectivity index (χ3n) is 4.43. The van der Waals surface area contributed by atoms with Crippen molar-refractivity contribution >= 4 is 18.0 Å². The number of rotatable bonds is 2. The number of carbonyl (C=O) groups is 3. The number of alkyl carbamates (subject to hydrolysis) is 1. The number of esters is 1. The van der Waals surface area contributed by atoms with Gasteiger partial charge in [0, 0.05) is 12.6 Å². The summed E-state index contributed by atoms with van der Waals surface area (Å²) in [6.07, 6.45) is 1.44. The molecule has 8 nitrogen and oxygen atoms in total. The molecular weight excluding hydrogens is 350 g/mol. The molecule has 0 bridgehead atoms. The number of ether oxygens (including phenoxy) is 2. The van der Waals surface area contributed by atoms with Crippen molar-refractivity contribution in [2.24, 2.45) is 0 Å². The predicted octanol–water partition coefficient (Wildman–Crippen LogP) is 1.57. The van der Waals surface area contributed by atoms with Gasteiger partial charge in [0.1, 0.15) is 23.3 Å². The Hall–Kier alpha value is -1.83. The molecule has 0 unspecified atom stereocenters. The van der Waals surface area contributed by atoms with Gasteiger partial charge >= 0.3 is 12.1 Å². The Labute approximate surface area is 161 Å². The van der Waals surface area contributed by atoms with E-state index in [1.807, 2.05) is 20.8 Å². The molecule has 2 aliphatic heterocycles. The molecule has 0 saturated carbocycles. The molecule has 2 rings (SSSR count). The lowest BCUT2D eigenvalue weighted by Crippen LogP contribution is -2.59. The van der Waals surface area contributed by atoms with Crippen molar-refractivity contribution in [1.29, 1.82) is 0 Å². The maximum Gasteiger partial charge on any atom is 0.408 e. The lowest BCUT2D eigenvalue weighted by Gasteiger charge is -2.36. The summed E-state index contributed by atoms with van der Waals surface area (Å²) < 4.78 is 10.8. The van der Waals surface area contributed by atoms with Crippen molar-refractivity contribution in [1.82, 2.24) is 15.5 Å². The van der Waals surface area contributed by atoms with E-state index in [0.29, 0.717) is 19.5 Å². The fraction of sp³-hybridized carbons (Fsp3) is 0.842. The highest BCUT2D eigenvalue weighted by Crippen LogP contribution is 2.29. The number of hydrogen-bond acceptors (Lipinski definition) is 6. The molecule has 2 N–H and O–H groups in total. The Morgan fingerprint density at radius 1 is 1.04 bits per heavy atom. The van der Waals surface area contributed by atoms with Gasteiger partial charge in [0.05, 0.1) is 0 Å². The molecule has 154 valence electrons. The molecule has 0 aliphatic carbocycles. The first-order chi connectivity index (χ1) is 12.4. The first kappa shape index (κ1) is 21.5. The summed E-state index contributed by atoms with van der Waals surface area (Å²) in [6, 6.07) is -1.43. The molecule has 2 fully saturated rings. The van der Waals surface area contributed by atoms with E-state index in [4.69, 9.17) is 9.47 Å². The van der Waals surface area contributed by atoms with E-state index in [0.717, 1.165) is 12.8 Å². The largest absolute Gasteiger partial charge is 0.458 e. The second-order valence-corrected chi connectivity index (χ2v) is 9.22. The Morgan fingerprint density at radius 3 is 2.26 bits per heavy atom. The smallest absolute Gasteiger partial charge is 0.408 e. The number of nitrogens with one attached hydrogen (secondary N) is 2. The highest BCUT2D eigenvalue weighted by Gasteiger charge is 2.45. The molecule has 27 heavy (non-hydrogen) atoms. The van der Waals surface area contributed by atoms with Gasteiger partial charge in [-0.05, 0) is 67.3 Å². The molecule has 2 aliphatic rings. The number of nitrogens with zero attached hydrogens (tertiary/aromatic N) is 1. The highest BCUT2D eigenvalue weighted by atomic mass is 16.6. The molecule has 3 atom stereocenters. The second kappa shape index (κ2) is 8.04. The topological polar surface area (TPSA) is 97.0 Å². The summed E-state index contributed by atoms with van der Waals surface area (Å²) in [6.45, 7) is 11.7. The van der Waals surface area contributed by atoms with Crippen LogP contribution in [0.4, 0.5) is 4.79 Å².